The minimum Gasteiger partial charge on any atom is -0.497 e. The Bertz CT molecular complexity index is 848. The number of rotatable bonds is 5. The van der Waals surface area contributed by atoms with Crippen LogP contribution in [-0.2, 0) is 6.42 Å². The van der Waals surface area contributed by atoms with Gasteiger partial charge in [-0.25, -0.2) is 0 Å². The number of aryl methyl sites for hydroxylation is 3. The number of nitrogens with zero attached hydrogens (tertiary/aromatic N) is 4. The Morgan fingerprint density at radius 2 is 1.48 bits per heavy atom. The summed E-state index contributed by atoms with van der Waals surface area (Å²) in [6.07, 6.45) is 4.22. The second-order valence-electron chi connectivity index (χ2n) is 5.63. The van der Waals surface area contributed by atoms with E-state index in [4.69, 9.17) is 5.11 Å². The van der Waals surface area contributed by atoms with Gasteiger partial charge >= 0.3 is 11.4 Å². The molecule has 27 heavy (non-hydrogen) atoms. The SMILES string of the molecule is CCCc1ncc(C)cc1C.O=[N+]([O-])c1cc([N+](=O)[O-])c(O)c([N+](=O)[O-])c1. The molecule has 0 bridgehead atoms. The van der Waals surface area contributed by atoms with Crippen LogP contribution in [0.3, 0.4) is 0 Å². The minimum atomic E-state index is -1.21. The van der Waals surface area contributed by atoms with Crippen LogP contribution in [0.15, 0.2) is 24.4 Å². The monoisotopic (exact) mass is 378 g/mol. The normalized spacial score (nSPS) is 9.89. The van der Waals surface area contributed by atoms with Crippen LogP contribution < -0.4 is 0 Å². The van der Waals surface area contributed by atoms with Gasteiger partial charge in [0.15, 0.2) is 0 Å². The zero-order valence-corrected chi connectivity index (χ0v) is 14.9. The molecule has 0 atom stereocenters. The smallest absolute Gasteiger partial charge is 0.324 e. The van der Waals surface area contributed by atoms with Crippen molar-refractivity contribution in [3.05, 3.63) is 71.6 Å². The molecule has 144 valence electrons. The number of aromatic nitrogens is 1. The fourth-order valence-corrected chi connectivity index (χ4v) is 2.22. The largest absolute Gasteiger partial charge is 0.497 e. The number of aromatic hydroxyl groups is 1. The van der Waals surface area contributed by atoms with Crippen molar-refractivity contribution >= 4 is 17.1 Å². The third-order valence-electron chi connectivity index (χ3n) is 3.47. The van der Waals surface area contributed by atoms with Crippen LogP contribution in [0, 0.1) is 44.2 Å². The summed E-state index contributed by atoms with van der Waals surface area (Å²) in [4.78, 5) is 32.1. The predicted molar refractivity (Wildman–Crippen MR) is 95.8 cm³/mol. The summed E-state index contributed by atoms with van der Waals surface area (Å²) < 4.78 is 0. The molecule has 0 radical (unpaired) electrons. The lowest BCUT2D eigenvalue weighted by molar-refractivity contribution is -0.404. The molecule has 0 unspecified atom stereocenters. The van der Waals surface area contributed by atoms with Crippen molar-refractivity contribution in [3.8, 4) is 5.75 Å². The number of nitro benzene ring substituents is 3. The number of hydrogen-bond acceptors (Lipinski definition) is 8. The Balaban J connectivity index is 0.000000289. The number of nitro groups is 3. The lowest BCUT2D eigenvalue weighted by atomic mass is 10.1. The van der Waals surface area contributed by atoms with Gasteiger partial charge in [-0.15, -0.1) is 0 Å². The maximum absolute atomic E-state index is 10.4. The van der Waals surface area contributed by atoms with Crippen LogP contribution in [-0.4, -0.2) is 24.9 Å². The van der Waals surface area contributed by atoms with Crippen molar-refractivity contribution < 1.29 is 19.9 Å². The van der Waals surface area contributed by atoms with Crippen LogP contribution in [0.4, 0.5) is 17.1 Å². The quantitative estimate of drug-likeness (QED) is 0.607. The molecular formula is C16H18N4O7. The molecule has 0 aliphatic heterocycles. The van der Waals surface area contributed by atoms with Crippen molar-refractivity contribution in [3.63, 3.8) is 0 Å². The molecule has 0 fully saturated rings. The van der Waals surface area contributed by atoms with Crippen molar-refractivity contribution in [1.82, 2.24) is 4.98 Å². The molecule has 0 saturated heterocycles. The predicted octanol–water partition coefficient (Wildman–Crippen LogP) is 3.77. The van der Waals surface area contributed by atoms with Gasteiger partial charge in [0.1, 0.15) is 0 Å². The molecule has 1 aromatic heterocycles. The molecule has 11 nitrogen and oxygen atoms in total. The summed E-state index contributed by atoms with van der Waals surface area (Å²) in [7, 11) is 0. The third-order valence-corrected chi connectivity index (χ3v) is 3.47. The molecule has 2 rings (SSSR count). The Labute approximate surface area is 153 Å². The van der Waals surface area contributed by atoms with Gasteiger partial charge in [0.25, 0.3) is 11.4 Å². The number of phenolic OH excluding ortho intramolecular Hbond substituents is 1. The first-order valence-electron chi connectivity index (χ1n) is 7.80. The highest BCUT2D eigenvalue weighted by Crippen LogP contribution is 2.38. The first-order chi connectivity index (χ1) is 12.6. The van der Waals surface area contributed by atoms with Crippen molar-refractivity contribution in [2.75, 3.05) is 0 Å². The lowest BCUT2D eigenvalue weighted by Gasteiger charge is -2.02. The molecule has 1 N–H and O–H groups in total. The summed E-state index contributed by atoms with van der Waals surface area (Å²) >= 11 is 0. The van der Waals surface area contributed by atoms with Gasteiger partial charge < -0.3 is 5.11 Å². The van der Waals surface area contributed by atoms with Crippen LogP contribution in [0.5, 0.6) is 5.75 Å². The van der Waals surface area contributed by atoms with E-state index in [1.807, 2.05) is 6.20 Å². The van der Waals surface area contributed by atoms with Crippen LogP contribution in [0.1, 0.15) is 30.2 Å². The van der Waals surface area contributed by atoms with Crippen molar-refractivity contribution in [1.29, 1.82) is 0 Å². The van der Waals surface area contributed by atoms with Gasteiger partial charge in [0, 0.05) is 11.9 Å². The number of pyridine rings is 1. The second kappa shape index (κ2) is 9.17. The van der Waals surface area contributed by atoms with E-state index in [0.717, 1.165) is 6.42 Å². The number of non-ortho nitro benzene ring substituents is 1. The fourth-order valence-electron chi connectivity index (χ4n) is 2.22. The standard InChI is InChI=1S/C10H15N.C6H3N3O7/c1-4-5-10-9(3)6-8(2)7-11-10;10-6-4(8(13)14)1-3(7(11)12)2-5(6)9(15)16/h6-7H,4-5H2,1-3H3;1-2,10H. The Morgan fingerprint density at radius 1 is 0.963 bits per heavy atom. The van der Waals surface area contributed by atoms with E-state index >= 15 is 0 Å². The molecule has 11 heteroatoms. The molecule has 0 aliphatic carbocycles. The number of phenols is 1. The van der Waals surface area contributed by atoms with E-state index in [1.165, 1.54) is 23.2 Å². The first kappa shape index (κ1) is 21.4. The highest BCUT2D eigenvalue weighted by atomic mass is 16.6. The van der Waals surface area contributed by atoms with Crippen LogP contribution in [0.25, 0.3) is 0 Å². The fraction of sp³-hybridized carbons (Fsp3) is 0.312. The van der Waals surface area contributed by atoms with E-state index in [9.17, 15) is 30.3 Å². The lowest BCUT2D eigenvalue weighted by Crippen LogP contribution is -1.97. The molecule has 1 heterocycles. The van der Waals surface area contributed by atoms with Crippen molar-refractivity contribution in [2.24, 2.45) is 0 Å². The topological polar surface area (TPSA) is 163 Å². The Hall–Kier alpha value is -3.63. The van der Waals surface area contributed by atoms with Crippen LogP contribution in [0.2, 0.25) is 0 Å². The average molecular weight is 378 g/mol. The summed E-state index contributed by atoms with van der Waals surface area (Å²) in [6, 6.07) is 3.09. The summed E-state index contributed by atoms with van der Waals surface area (Å²) in [5.41, 5.74) is 0.824. The summed E-state index contributed by atoms with van der Waals surface area (Å²) in [5.74, 6) is -1.21. The summed E-state index contributed by atoms with van der Waals surface area (Å²) in [6.45, 7) is 6.39. The second-order valence-corrected chi connectivity index (χ2v) is 5.63. The van der Waals surface area contributed by atoms with Crippen molar-refractivity contribution in [2.45, 2.75) is 33.6 Å². The van der Waals surface area contributed by atoms with Gasteiger partial charge in [-0.1, -0.05) is 19.4 Å². The zero-order chi connectivity index (χ0) is 20.7. The number of hydrogen-bond donors (Lipinski definition) is 1. The minimum absolute atomic E-state index is 0.447. The van der Waals surface area contributed by atoms with E-state index in [0.29, 0.717) is 12.1 Å². The highest BCUT2D eigenvalue weighted by Gasteiger charge is 2.30. The average Bonchev–Trinajstić information content (AvgIpc) is 2.57. The van der Waals surface area contributed by atoms with E-state index in [-0.39, 0.29) is 0 Å². The van der Waals surface area contributed by atoms with E-state index in [2.05, 4.69) is 31.8 Å². The highest BCUT2D eigenvalue weighted by molar-refractivity contribution is 5.64. The van der Waals surface area contributed by atoms with E-state index in [1.54, 1.807) is 0 Å². The maximum atomic E-state index is 10.4. The number of benzene rings is 1. The molecule has 0 saturated carbocycles. The molecule has 0 aliphatic rings. The molecule has 0 amide bonds. The van der Waals surface area contributed by atoms with Gasteiger partial charge in [0.2, 0.25) is 0 Å². The molecule has 1 aromatic carbocycles. The first-order valence-corrected chi connectivity index (χ1v) is 7.80. The third kappa shape index (κ3) is 5.70. The molecular weight excluding hydrogens is 360 g/mol. The van der Waals surface area contributed by atoms with E-state index < -0.39 is 37.6 Å². The van der Waals surface area contributed by atoms with Gasteiger partial charge in [-0.2, -0.15) is 0 Å². The maximum Gasteiger partial charge on any atom is 0.324 e. The summed E-state index contributed by atoms with van der Waals surface area (Å²) in [5, 5.41) is 40.2. The van der Waals surface area contributed by atoms with Gasteiger partial charge in [0.05, 0.1) is 26.9 Å². The Kier molecular flexibility index (Phi) is 7.28. The zero-order valence-electron chi connectivity index (χ0n) is 14.9. The Morgan fingerprint density at radius 3 is 1.85 bits per heavy atom. The van der Waals surface area contributed by atoms with Crippen LogP contribution >= 0.6 is 0 Å². The van der Waals surface area contributed by atoms with Gasteiger partial charge in [-0.05, 0) is 31.4 Å². The van der Waals surface area contributed by atoms with Gasteiger partial charge in [-0.3, -0.25) is 35.3 Å². The molecule has 0 spiro atoms. The molecule has 2 aromatic rings.